The van der Waals surface area contributed by atoms with E-state index in [9.17, 15) is 18.4 Å². The van der Waals surface area contributed by atoms with Crippen LogP contribution in [0.25, 0.3) is 11.1 Å². The summed E-state index contributed by atoms with van der Waals surface area (Å²) in [5.41, 5.74) is 1.05. The molecule has 244 valence electrons. The summed E-state index contributed by atoms with van der Waals surface area (Å²) < 4.78 is 51.6. The van der Waals surface area contributed by atoms with Crippen molar-refractivity contribution in [2.24, 2.45) is 0 Å². The molecule has 0 amide bonds. The van der Waals surface area contributed by atoms with Crippen LogP contribution in [0.2, 0.25) is 0 Å². The van der Waals surface area contributed by atoms with Crippen molar-refractivity contribution in [3.63, 3.8) is 0 Å². The van der Waals surface area contributed by atoms with Gasteiger partial charge < -0.3 is 18.9 Å². The highest BCUT2D eigenvalue weighted by Gasteiger charge is 2.17. The Kier molecular flexibility index (Phi) is 15.5. The summed E-state index contributed by atoms with van der Waals surface area (Å²) in [5.74, 6) is -3.01. The molecule has 0 radical (unpaired) electrons. The van der Waals surface area contributed by atoms with Crippen LogP contribution in [-0.4, -0.2) is 37.9 Å². The van der Waals surface area contributed by atoms with Gasteiger partial charge in [-0.1, -0.05) is 58.1 Å². The summed E-state index contributed by atoms with van der Waals surface area (Å²) >= 11 is 0. The van der Waals surface area contributed by atoms with Gasteiger partial charge in [-0.15, -0.1) is 0 Å². The van der Waals surface area contributed by atoms with Crippen molar-refractivity contribution in [1.29, 1.82) is 0 Å². The van der Waals surface area contributed by atoms with Gasteiger partial charge in [0, 0.05) is 18.8 Å². The molecule has 3 aromatic carbocycles. The van der Waals surface area contributed by atoms with E-state index in [-0.39, 0.29) is 35.3 Å². The van der Waals surface area contributed by atoms with Crippen molar-refractivity contribution in [2.75, 3.05) is 19.8 Å². The normalized spacial score (nSPS) is 11.7. The van der Waals surface area contributed by atoms with Crippen LogP contribution in [0, 0.1) is 11.6 Å². The maximum atomic E-state index is 14.9. The third kappa shape index (κ3) is 11.9. The van der Waals surface area contributed by atoms with Crippen LogP contribution in [0.1, 0.15) is 106 Å². The Hall–Kier alpha value is -3.78. The van der Waals surface area contributed by atoms with Crippen molar-refractivity contribution >= 4 is 11.9 Å². The Morgan fingerprint density at radius 3 is 1.96 bits per heavy atom. The molecule has 0 heterocycles. The maximum Gasteiger partial charge on any atom is 0.343 e. The third-order valence-corrected chi connectivity index (χ3v) is 7.38. The lowest BCUT2D eigenvalue weighted by Gasteiger charge is -2.13. The van der Waals surface area contributed by atoms with Gasteiger partial charge in [-0.2, -0.15) is 4.39 Å². The Balaban J connectivity index is 1.48. The molecule has 8 heteroatoms. The number of hydrogen-bond acceptors (Lipinski definition) is 6. The third-order valence-electron chi connectivity index (χ3n) is 7.38. The molecule has 0 spiro atoms. The Morgan fingerprint density at radius 2 is 1.27 bits per heavy atom. The van der Waals surface area contributed by atoms with Crippen LogP contribution < -0.4 is 9.47 Å². The molecule has 0 aliphatic carbocycles. The number of unbranched alkanes of at least 4 members (excludes halogenated alkanes) is 6. The number of rotatable bonds is 20. The second-order valence-corrected chi connectivity index (χ2v) is 11.2. The van der Waals surface area contributed by atoms with E-state index in [2.05, 4.69) is 13.8 Å². The molecular weight excluding hydrogens is 578 g/mol. The molecule has 6 nitrogen and oxygen atoms in total. The lowest BCUT2D eigenvalue weighted by atomic mass is 10.0. The van der Waals surface area contributed by atoms with Crippen LogP contribution in [0.15, 0.2) is 60.7 Å². The number of ether oxygens (including phenoxy) is 4. The van der Waals surface area contributed by atoms with Gasteiger partial charge in [-0.25, -0.2) is 14.0 Å². The first kappa shape index (κ1) is 35.7. The minimum atomic E-state index is -1.06. The average molecular weight is 625 g/mol. The van der Waals surface area contributed by atoms with Gasteiger partial charge in [-0.3, -0.25) is 0 Å². The zero-order valence-corrected chi connectivity index (χ0v) is 26.7. The van der Waals surface area contributed by atoms with E-state index in [1.54, 1.807) is 12.1 Å². The predicted octanol–water partition coefficient (Wildman–Crippen LogP) is 9.73. The van der Waals surface area contributed by atoms with Crippen molar-refractivity contribution in [1.82, 2.24) is 0 Å². The van der Waals surface area contributed by atoms with Gasteiger partial charge in [0.25, 0.3) is 0 Å². The van der Waals surface area contributed by atoms with E-state index in [0.717, 1.165) is 58.0 Å². The minimum absolute atomic E-state index is 0.0537. The molecule has 0 saturated heterocycles. The quantitative estimate of drug-likeness (QED) is 0.0708. The minimum Gasteiger partial charge on any atom is -0.490 e. The monoisotopic (exact) mass is 624 g/mol. The highest BCUT2D eigenvalue weighted by Crippen LogP contribution is 2.30. The second-order valence-electron chi connectivity index (χ2n) is 11.2. The largest absolute Gasteiger partial charge is 0.490 e. The van der Waals surface area contributed by atoms with Crippen molar-refractivity contribution < 1.29 is 37.3 Å². The lowest BCUT2D eigenvalue weighted by molar-refractivity contribution is 0.0319. The molecule has 0 aromatic heterocycles. The molecule has 3 aromatic rings. The molecule has 0 bridgehead atoms. The zero-order chi connectivity index (χ0) is 32.4. The van der Waals surface area contributed by atoms with Gasteiger partial charge >= 0.3 is 11.9 Å². The fourth-order valence-electron chi connectivity index (χ4n) is 4.69. The molecule has 0 aliphatic rings. The summed E-state index contributed by atoms with van der Waals surface area (Å²) in [6.45, 7) is 7.80. The van der Waals surface area contributed by atoms with Crippen molar-refractivity contribution in [3.8, 4) is 22.6 Å². The smallest absolute Gasteiger partial charge is 0.343 e. The van der Waals surface area contributed by atoms with Crippen LogP contribution in [0.5, 0.6) is 11.5 Å². The predicted molar refractivity (Wildman–Crippen MR) is 172 cm³/mol. The summed E-state index contributed by atoms with van der Waals surface area (Å²) in [7, 11) is 0. The number of hydrogen-bond donors (Lipinski definition) is 0. The van der Waals surface area contributed by atoms with Crippen LogP contribution in [-0.2, 0) is 9.47 Å². The molecule has 0 N–H and O–H groups in total. The number of benzene rings is 3. The lowest BCUT2D eigenvalue weighted by Crippen LogP contribution is -2.15. The van der Waals surface area contributed by atoms with E-state index in [1.165, 1.54) is 55.0 Å². The van der Waals surface area contributed by atoms with E-state index in [1.807, 2.05) is 6.92 Å². The average Bonchev–Trinajstić information content (AvgIpc) is 3.04. The van der Waals surface area contributed by atoms with E-state index < -0.39 is 23.6 Å². The van der Waals surface area contributed by atoms with Gasteiger partial charge in [0.05, 0.1) is 23.8 Å². The van der Waals surface area contributed by atoms with E-state index in [0.29, 0.717) is 24.2 Å². The topological polar surface area (TPSA) is 71.1 Å². The molecule has 1 atom stereocenters. The summed E-state index contributed by atoms with van der Waals surface area (Å²) in [6, 6.07) is 15.0. The number of halogens is 2. The first-order chi connectivity index (χ1) is 21.8. The maximum absolute atomic E-state index is 14.9. The van der Waals surface area contributed by atoms with Crippen molar-refractivity contribution in [3.05, 3.63) is 83.4 Å². The highest BCUT2D eigenvalue weighted by molar-refractivity contribution is 5.92. The van der Waals surface area contributed by atoms with Crippen LogP contribution in [0.4, 0.5) is 8.78 Å². The molecule has 0 fully saturated rings. The number of esters is 2. The SMILES string of the molecule is CCCCCC[C@@H](C)OC(=O)c1ccc(OC(=O)c2ccc(-c3ccc(OCCCCOCCCCC)c(F)c3F)cc2)cc1. The van der Waals surface area contributed by atoms with Gasteiger partial charge in [0.2, 0.25) is 5.82 Å². The van der Waals surface area contributed by atoms with E-state index in [4.69, 9.17) is 18.9 Å². The molecule has 3 rings (SSSR count). The standard InChI is InChI=1S/C37H46F2O6/c1-4-6-8-9-13-27(3)44-36(40)30-18-20-31(21-19-30)45-37(41)29-16-14-28(15-17-29)32-22-23-33(35(39)34(32)38)43-26-12-11-25-42-24-10-7-5-2/h14-23,27H,4-13,24-26H2,1-3H3/t27-/m1/s1. The first-order valence-electron chi connectivity index (χ1n) is 16.2. The second kappa shape index (κ2) is 19.6. The number of carbonyl (C=O) groups excluding carboxylic acids is 2. The van der Waals surface area contributed by atoms with Gasteiger partial charge in [0.1, 0.15) is 5.75 Å². The summed E-state index contributed by atoms with van der Waals surface area (Å²) in [4.78, 5) is 25.1. The molecule has 45 heavy (non-hydrogen) atoms. The fourth-order valence-corrected chi connectivity index (χ4v) is 4.69. The molecular formula is C37H46F2O6. The zero-order valence-electron chi connectivity index (χ0n) is 26.7. The Morgan fingerprint density at radius 1 is 0.667 bits per heavy atom. The Labute approximate surface area is 266 Å². The van der Waals surface area contributed by atoms with Crippen LogP contribution in [0.3, 0.4) is 0 Å². The summed E-state index contributed by atoms with van der Waals surface area (Å²) in [6.07, 6.45) is 9.89. The van der Waals surface area contributed by atoms with E-state index >= 15 is 0 Å². The summed E-state index contributed by atoms with van der Waals surface area (Å²) in [5, 5.41) is 0. The molecule has 0 aliphatic heterocycles. The first-order valence-corrected chi connectivity index (χ1v) is 16.2. The highest BCUT2D eigenvalue weighted by atomic mass is 19.2. The van der Waals surface area contributed by atoms with Crippen molar-refractivity contribution in [2.45, 2.75) is 91.1 Å². The molecule has 0 unspecified atom stereocenters. The molecule has 0 saturated carbocycles. The van der Waals surface area contributed by atoms with Gasteiger partial charge in [-0.05, 0) is 93.1 Å². The Bertz CT molecular complexity index is 1320. The van der Waals surface area contributed by atoms with Crippen LogP contribution >= 0.6 is 0 Å². The van der Waals surface area contributed by atoms with Gasteiger partial charge in [0.15, 0.2) is 11.6 Å². The fraction of sp³-hybridized carbons (Fsp3) is 0.459. The number of carbonyl (C=O) groups is 2.